The fourth-order valence-corrected chi connectivity index (χ4v) is 5.40. The number of rotatable bonds is 3. The standard InChI is InChI=1S/C20H20N2O4S/c23-20(21-24)19-12-16-7-3-4-8-17(16)13-22(19)27(25,26)18-10-9-14-5-1-2-6-15(14)11-18/h1-4,6-11,14,19,24H,5,12-13H2,(H,21,23)/t14?,19-/m1/s1. The predicted octanol–water partition coefficient (Wildman–Crippen LogP) is 2.20. The van der Waals surface area contributed by atoms with Crippen molar-refractivity contribution in [1.29, 1.82) is 0 Å². The first kappa shape index (κ1) is 17.9. The van der Waals surface area contributed by atoms with Crippen molar-refractivity contribution in [3.63, 3.8) is 0 Å². The van der Waals surface area contributed by atoms with Crippen LogP contribution in [0.15, 0.2) is 71.2 Å². The maximum atomic E-state index is 13.4. The number of benzene rings is 1. The van der Waals surface area contributed by atoms with Gasteiger partial charge in [-0.3, -0.25) is 10.0 Å². The van der Waals surface area contributed by atoms with Crippen molar-refractivity contribution < 1.29 is 18.4 Å². The van der Waals surface area contributed by atoms with Gasteiger partial charge < -0.3 is 0 Å². The highest BCUT2D eigenvalue weighted by Gasteiger charge is 2.40. The first-order valence-electron chi connectivity index (χ1n) is 8.80. The number of carbonyl (C=O) groups excluding carboxylic acids is 1. The minimum Gasteiger partial charge on any atom is -0.289 e. The lowest BCUT2D eigenvalue weighted by Crippen LogP contribution is -2.52. The van der Waals surface area contributed by atoms with Gasteiger partial charge in [-0.25, -0.2) is 13.9 Å². The summed E-state index contributed by atoms with van der Waals surface area (Å²) >= 11 is 0. The maximum absolute atomic E-state index is 13.4. The topological polar surface area (TPSA) is 86.7 Å². The van der Waals surface area contributed by atoms with Gasteiger partial charge in [-0.2, -0.15) is 4.31 Å². The van der Waals surface area contributed by atoms with Gasteiger partial charge in [0.1, 0.15) is 6.04 Å². The number of carbonyl (C=O) groups is 1. The molecular formula is C20H20N2O4S. The lowest BCUT2D eigenvalue weighted by Gasteiger charge is -2.35. The molecule has 140 valence electrons. The lowest BCUT2D eigenvalue weighted by molar-refractivity contribution is -0.133. The summed E-state index contributed by atoms with van der Waals surface area (Å²) in [5.74, 6) is -0.543. The van der Waals surface area contributed by atoms with Gasteiger partial charge in [0, 0.05) is 12.5 Å². The summed E-state index contributed by atoms with van der Waals surface area (Å²) in [6, 6.07) is 6.44. The highest BCUT2D eigenvalue weighted by Crippen LogP contribution is 2.34. The van der Waals surface area contributed by atoms with Crippen molar-refractivity contribution in [1.82, 2.24) is 9.79 Å². The number of nitrogens with zero attached hydrogens (tertiary/aromatic N) is 1. The van der Waals surface area contributed by atoms with Gasteiger partial charge >= 0.3 is 0 Å². The number of nitrogens with one attached hydrogen (secondary N) is 1. The van der Waals surface area contributed by atoms with E-state index in [2.05, 4.69) is 6.08 Å². The van der Waals surface area contributed by atoms with E-state index in [1.807, 2.05) is 42.5 Å². The molecule has 2 aliphatic carbocycles. The molecule has 4 rings (SSSR count). The minimum atomic E-state index is -3.91. The zero-order chi connectivity index (χ0) is 19.0. The van der Waals surface area contributed by atoms with Crippen LogP contribution >= 0.6 is 0 Å². The zero-order valence-corrected chi connectivity index (χ0v) is 15.4. The van der Waals surface area contributed by atoms with E-state index in [-0.39, 0.29) is 23.8 Å². The first-order valence-corrected chi connectivity index (χ1v) is 10.2. The fourth-order valence-electron chi connectivity index (χ4n) is 3.78. The Balaban J connectivity index is 1.74. The average molecular weight is 384 g/mol. The number of allylic oxidation sites excluding steroid dienone is 7. The SMILES string of the molecule is O=C(NO)[C@H]1Cc2ccccc2CN1S(=O)(=O)C1=CC2=CC=CCC2C=C1. The Morgan fingerprint density at radius 2 is 2.00 bits per heavy atom. The van der Waals surface area contributed by atoms with E-state index in [0.29, 0.717) is 0 Å². The summed E-state index contributed by atoms with van der Waals surface area (Å²) in [7, 11) is -3.91. The third kappa shape index (κ3) is 3.18. The summed E-state index contributed by atoms with van der Waals surface area (Å²) in [5.41, 5.74) is 4.33. The van der Waals surface area contributed by atoms with Crippen LogP contribution in [-0.4, -0.2) is 29.9 Å². The maximum Gasteiger partial charge on any atom is 0.262 e. The van der Waals surface area contributed by atoms with Crippen LogP contribution in [0.25, 0.3) is 0 Å². The Hall–Kier alpha value is -2.48. The highest BCUT2D eigenvalue weighted by molar-refractivity contribution is 7.93. The molecule has 7 heteroatoms. The summed E-state index contributed by atoms with van der Waals surface area (Å²) in [5, 5.41) is 9.12. The largest absolute Gasteiger partial charge is 0.289 e. The van der Waals surface area contributed by atoms with Crippen LogP contribution in [0.2, 0.25) is 0 Å². The summed E-state index contributed by atoms with van der Waals surface area (Å²) in [6.45, 7) is 0.0875. The van der Waals surface area contributed by atoms with E-state index in [4.69, 9.17) is 5.21 Å². The molecule has 3 aliphatic rings. The molecule has 2 N–H and O–H groups in total. The number of hydroxylamine groups is 1. The molecule has 6 nitrogen and oxygen atoms in total. The van der Waals surface area contributed by atoms with Crippen molar-refractivity contribution in [2.45, 2.75) is 25.4 Å². The van der Waals surface area contributed by atoms with Crippen LogP contribution in [0.1, 0.15) is 17.5 Å². The molecule has 0 aromatic heterocycles. The molecule has 0 saturated carbocycles. The van der Waals surface area contributed by atoms with Gasteiger partial charge in [0.2, 0.25) is 10.0 Å². The molecular weight excluding hydrogens is 364 g/mol. The zero-order valence-electron chi connectivity index (χ0n) is 14.6. The summed E-state index contributed by atoms with van der Waals surface area (Å²) in [4.78, 5) is 12.4. The van der Waals surface area contributed by atoms with Crippen LogP contribution in [0, 0.1) is 5.92 Å². The molecule has 0 saturated heterocycles. The Kier molecular flexibility index (Phi) is 4.59. The van der Waals surface area contributed by atoms with Crippen LogP contribution in [-0.2, 0) is 27.8 Å². The number of hydrogen-bond acceptors (Lipinski definition) is 4. The second-order valence-electron chi connectivity index (χ2n) is 6.86. The van der Waals surface area contributed by atoms with E-state index in [9.17, 15) is 13.2 Å². The molecule has 2 atom stereocenters. The van der Waals surface area contributed by atoms with E-state index >= 15 is 0 Å². The second kappa shape index (κ2) is 6.92. The average Bonchev–Trinajstić information content (AvgIpc) is 2.71. The molecule has 0 fully saturated rings. The van der Waals surface area contributed by atoms with Gasteiger partial charge in [-0.15, -0.1) is 0 Å². The third-order valence-electron chi connectivity index (χ3n) is 5.27. The Morgan fingerprint density at radius 1 is 1.22 bits per heavy atom. The van der Waals surface area contributed by atoms with Crippen LogP contribution in [0.5, 0.6) is 0 Å². The Morgan fingerprint density at radius 3 is 2.78 bits per heavy atom. The van der Waals surface area contributed by atoms with Gasteiger partial charge in [-0.05, 0) is 41.7 Å². The van der Waals surface area contributed by atoms with Gasteiger partial charge in [0.25, 0.3) is 5.91 Å². The van der Waals surface area contributed by atoms with E-state index in [0.717, 1.165) is 23.1 Å². The predicted molar refractivity (Wildman–Crippen MR) is 101 cm³/mol. The highest BCUT2D eigenvalue weighted by atomic mass is 32.2. The molecule has 0 radical (unpaired) electrons. The number of amides is 1. The minimum absolute atomic E-state index is 0.0875. The van der Waals surface area contributed by atoms with Crippen molar-refractivity contribution in [2.24, 2.45) is 5.92 Å². The molecule has 1 amide bonds. The molecule has 1 aromatic carbocycles. The molecule has 27 heavy (non-hydrogen) atoms. The molecule has 0 spiro atoms. The Bertz CT molecular complexity index is 1000. The van der Waals surface area contributed by atoms with Crippen LogP contribution in [0.4, 0.5) is 0 Å². The third-order valence-corrected chi connectivity index (χ3v) is 7.12. The monoisotopic (exact) mass is 384 g/mol. The van der Waals surface area contributed by atoms with Crippen molar-refractivity contribution >= 4 is 15.9 Å². The second-order valence-corrected chi connectivity index (χ2v) is 8.75. The van der Waals surface area contributed by atoms with Gasteiger partial charge in [-0.1, -0.05) is 48.6 Å². The van der Waals surface area contributed by atoms with Crippen molar-refractivity contribution in [2.75, 3.05) is 0 Å². The van der Waals surface area contributed by atoms with Gasteiger partial charge in [0.05, 0.1) is 4.91 Å². The number of hydrogen-bond donors (Lipinski definition) is 2. The van der Waals surface area contributed by atoms with Crippen LogP contribution < -0.4 is 5.48 Å². The normalized spacial score (nSPS) is 24.5. The quantitative estimate of drug-likeness (QED) is 0.618. The molecule has 1 heterocycles. The first-order chi connectivity index (χ1) is 13.0. The number of sulfonamides is 1. The summed E-state index contributed by atoms with van der Waals surface area (Å²) in [6.07, 6.45) is 12.1. The van der Waals surface area contributed by atoms with Gasteiger partial charge in [0.15, 0.2) is 0 Å². The van der Waals surface area contributed by atoms with Crippen molar-refractivity contribution in [3.05, 3.63) is 82.3 Å². The van der Waals surface area contributed by atoms with Crippen molar-refractivity contribution in [3.8, 4) is 0 Å². The molecule has 1 aromatic rings. The molecule has 1 aliphatic heterocycles. The lowest BCUT2D eigenvalue weighted by atomic mass is 9.88. The Labute approximate surface area is 158 Å². The summed E-state index contributed by atoms with van der Waals surface area (Å²) < 4.78 is 27.9. The van der Waals surface area contributed by atoms with E-state index < -0.39 is 22.0 Å². The van der Waals surface area contributed by atoms with Crippen LogP contribution in [0.3, 0.4) is 0 Å². The van der Waals surface area contributed by atoms with E-state index in [1.54, 1.807) is 17.6 Å². The number of fused-ring (bicyclic) bond motifs is 2. The fraction of sp³-hybridized carbons (Fsp3) is 0.250. The van der Waals surface area contributed by atoms with E-state index in [1.165, 1.54) is 4.31 Å². The smallest absolute Gasteiger partial charge is 0.262 e. The molecule has 0 bridgehead atoms. The molecule has 1 unspecified atom stereocenters.